The molecule has 4 heterocycles. The normalized spacial score (nSPS) is 16.6. The van der Waals surface area contributed by atoms with E-state index in [1.807, 2.05) is 17.9 Å². The maximum atomic E-state index is 12.1. The van der Waals surface area contributed by atoms with E-state index in [4.69, 9.17) is 9.15 Å². The van der Waals surface area contributed by atoms with Crippen molar-refractivity contribution >= 4 is 5.91 Å². The highest BCUT2D eigenvalue weighted by Crippen LogP contribution is 2.24. The van der Waals surface area contributed by atoms with E-state index in [1.165, 1.54) is 6.26 Å². The predicted octanol–water partition coefficient (Wildman–Crippen LogP) is 0.909. The summed E-state index contributed by atoms with van der Waals surface area (Å²) in [5.74, 6) is 0.428. The molecule has 0 aromatic carbocycles. The van der Waals surface area contributed by atoms with E-state index in [-0.39, 0.29) is 12.0 Å². The third-order valence-electron chi connectivity index (χ3n) is 4.24. The summed E-state index contributed by atoms with van der Waals surface area (Å²) in [6.07, 6.45) is 4.99. The van der Waals surface area contributed by atoms with Crippen LogP contribution in [0.25, 0.3) is 11.3 Å². The van der Waals surface area contributed by atoms with Gasteiger partial charge in [-0.15, -0.1) is 5.10 Å². The number of nitrogens with one attached hydrogen (secondary N) is 1. The van der Waals surface area contributed by atoms with Gasteiger partial charge in [0.25, 0.3) is 5.91 Å². The van der Waals surface area contributed by atoms with Gasteiger partial charge in [0.05, 0.1) is 43.0 Å². The molecular formula is C16H18N6O3. The third-order valence-corrected chi connectivity index (χ3v) is 4.24. The Balaban J connectivity index is 1.41. The molecule has 1 aliphatic rings. The predicted molar refractivity (Wildman–Crippen MR) is 86.6 cm³/mol. The summed E-state index contributed by atoms with van der Waals surface area (Å²) in [5.41, 5.74) is 3.15. The van der Waals surface area contributed by atoms with Crippen LogP contribution in [0.4, 0.5) is 0 Å². The van der Waals surface area contributed by atoms with Crippen molar-refractivity contribution in [1.82, 2.24) is 30.1 Å². The second-order valence-electron chi connectivity index (χ2n) is 6.00. The van der Waals surface area contributed by atoms with Crippen LogP contribution in [0, 0.1) is 6.92 Å². The van der Waals surface area contributed by atoms with E-state index >= 15 is 0 Å². The van der Waals surface area contributed by atoms with Crippen molar-refractivity contribution in [3.05, 3.63) is 41.7 Å². The summed E-state index contributed by atoms with van der Waals surface area (Å²) in [5, 5.41) is 15.5. The van der Waals surface area contributed by atoms with Gasteiger partial charge in [-0.3, -0.25) is 9.48 Å². The molecule has 0 radical (unpaired) electrons. The van der Waals surface area contributed by atoms with Crippen LogP contribution < -0.4 is 5.32 Å². The average molecular weight is 342 g/mol. The van der Waals surface area contributed by atoms with Crippen molar-refractivity contribution in [3.8, 4) is 11.3 Å². The second-order valence-corrected chi connectivity index (χ2v) is 6.00. The van der Waals surface area contributed by atoms with E-state index < -0.39 is 0 Å². The molecule has 1 amide bonds. The maximum absolute atomic E-state index is 12.1. The second kappa shape index (κ2) is 6.17. The fraction of sp³-hybridized carbons (Fsp3) is 0.375. The highest BCUT2D eigenvalue weighted by molar-refractivity contribution is 5.95. The van der Waals surface area contributed by atoms with Gasteiger partial charge in [0, 0.05) is 25.4 Å². The first-order valence-electron chi connectivity index (χ1n) is 7.97. The highest BCUT2D eigenvalue weighted by atomic mass is 16.5. The van der Waals surface area contributed by atoms with E-state index in [2.05, 4.69) is 20.7 Å². The Morgan fingerprint density at radius 2 is 2.36 bits per heavy atom. The first-order chi connectivity index (χ1) is 12.1. The molecule has 1 aliphatic heterocycles. The van der Waals surface area contributed by atoms with E-state index in [0.29, 0.717) is 31.0 Å². The van der Waals surface area contributed by atoms with Crippen molar-refractivity contribution in [2.75, 3.05) is 6.54 Å². The molecule has 1 N–H and O–H groups in total. The molecule has 25 heavy (non-hydrogen) atoms. The average Bonchev–Trinajstić information content (AvgIpc) is 3.31. The number of amides is 1. The molecule has 4 rings (SSSR count). The number of aromatic nitrogens is 5. The number of hydrogen-bond donors (Lipinski definition) is 1. The molecule has 3 aromatic rings. The van der Waals surface area contributed by atoms with Gasteiger partial charge >= 0.3 is 0 Å². The van der Waals surface area contributed by atoms with Gasteiger partial charge in [-0.1, -0.05) is 5.21 Å². The number of carbonyl (C=O) groups is 1. The Bertz CT molecular complexity index is 909. The topological polar surface area (TPSA) is 100 Å². The Hall–Kier alpha value is -2.94. The van der Waals surface area contributed by atoms with Crippen molar-refractivity contribution in [1.29, 1.82) is 0 Å². The molecule has 0 aliphatic carbocycles. The third kappa shape index (κ3) is 2.93. The van der Waals surface area contributed by atoms with Crippen LogP contribution in [0.15, 0.2) is 29.1 Å². The van der Waals surface area contributed by atoms with Crippen LogP contribution >= 0.6 is 0 Å². The molecule has 1 atom stereocenters. The summed E-state index contributed by atoms with van der Waals surface area (Å²) in [7, 11) is 1.86. The zero-order valence-corrected chi connectivity index (χ0v) is 14.0. The molecule has 0 saturated heterocycles. The fourth-order valence-corrected chi connectivity index (χ4v) is 2.88. The van der Waals surface area contributed by atoms with Crippen molar-refractivity contribution in [3.63, 3.8) is 0 Å². The Morgan fingerprint density at radius 3 is 3.08 bits per heavy atom. The number of furan rings is 1. The smallest absolute Gasteiger partial charge is 0.254 e. The lowest BCUT2D eigenvalue weighted by molar-refractivity contribution is 0.00176. The van der Waals surface area contributed by atoms with Crippen LogP contribution in [-0.4, -0.2) is 43.3 Å². The molecule has 130 valence electrons. The Kier molecular flexibility index (Phi) is 3.85. The van der Waals surface area contributed by atoms with E-state index in [9.17, 15) is 4.79 Å². The minimum Gasteiger partial charge on any atom is -0.469 e. The number of ether oxygens (including phenoxy) is 1. The molecule has 0 saturated carbocycles. The molecule has 0 bridgehead atoms. The van der Waals surface area contributed by atoms with Crippen LogP contribution in [0.2, 0.25) is 0 Å². The molecule has 0 spiro atoms. The highest BCUT2D eigenvalue weighted by Gasteiger charge is 2.25. The molecule has 3 aromatic heterocycles. The summed E-state index contributed by atoms with van der Waals surface area (Å²) < 4.78 is 14.6. The summed E-state index contributed by atoms with van der Waals surface area (Å²) in [6.45, 7) is 3.08. The Morgan fingerprint density at radius 1 is 1.48 bits per heavy atom. The van der Waals surface area contributed by atoms with Gasteiger partial charge in [0.2, 0.25) is 0 Å². The molecule has 9 nitrogen and oxygen atoms in total. The van der Waals surface area contributed by atoms with Crippen molar-refractivity contribution in [2.45, 2.75) is 26.2 Å². The van der Waals surface area contributed by atoms with Crippen LogP contribution in [-0.2, 0) is 24.9 Å². The zero-order chi connectivity index (χ0) is 17.4. The van der Waals surface area contributed by atoms with Gasteiger partial charge in [-0.05, 0) is 13.0 Å². The number of carbonyl (C=O) groups excluding carboxylic acids is 1. The van der Waals surface area contributed by atoms with Crippen molar-refractivity contribution < 1.29 is 13.9 Å². The number of nitrogens with zero attached hydrogens (tertiary/aromatic N) is 5. The zero-order valence-electron chi connectivity index (χ0n) is 14.0. The lowest BCUT2D eigenvalue weighted by Crippen LogP contribution is -2.39. The monoisotopic (exact) mass is 342 g/mol. The Labute approximate surface area is 143 Å². The molecule has 9 heteroatoms. The summed E-state index contributed by atoms with van der Waals surface area (Å²) >= 11 is 0. The van der Waals surface area contributed by atoms with Crippen molar-refractivity contribution in [2.24, 2.45) is 7.05 Å². The molecule has 0 fully saturated rings. The number of hydrogen-bond acceptors (Lipinski definition) is 6. The number of aryl methyl sites for hydroxylation is 2. The molecular weight excluding hydrogens is 324 g/mol. The van der Waals surface area contributed by atoms with Gasteiger partial charge in [0.15, 0.2) is 0 Å². The van der Waals surface area contributed by atoms with Gasteiger partial charge in [-0.25, -0.2) is 4.68 Å². The lowest BCUT2D eigenvalue weighted by Gasteiger charge is -2.24. The maximum Gasteiger partial charge on any atom is 0.254 e. The standard InChI is InChI=1S/C16H18N6O3/c1-10-13(3-4-24-10)16(23)17-6-12-8-22-14(9-25-12)15(19-20-22)11-5-18-21(2)7-11/h3-5,7,12H,6,8-9H2,1-2H3,(H,17,23). The summed E-state index contributed by atoms with van der Waals surface area (Å²) in [6, 6.07) is 1.65. The fourth-order valence-electron chi connectivity index (χ4n) is 2.88. The minimum absolute atomic E-state index is 0.160. The van der Waals surface area contributed by atoms with Crippen LogP contribution in [0.1, 0.15) is 21.8 Å². The summed E-state index contributed by atoms with van der Waals surface area (Å²) in [4.78, 5) is 12.1. The van der Waals surface area contributed by atoms with Gasteiger partial charge in [0.1, 0.15) is 11.5 Å². The first-order valence-corrected chi connectivity index (χ1v) is 7.97. The SMILES string of the molecule is Cc1occc1C(=O)NCC1Cn2nnc(-c3cnn(C)c3)c2CO1. The van der Waals surface area contributed by atoms with E-state index in [1.54, 1.807) is 23.9 Å². The van der Waals surface area contributed by atoms with Gasteiger partial charge < -0.3 is 14.5 Å². The quantitative estimate of drug-likeness (QED) is 0.756. The van der Waals surface area contributed by atoms with Crippen LogP contribution in [0.3, 0.4) is 0 Å². The lowest BCUT2D eigenvalue weighted by atomic mass is 10.2. The first kappa shape index (κ1) is 15.6. The number of fused-ring (bicyclic) bond motifs is 1. The minimum atomic E-state index is -0.171. The largest absolute Gasteiger partial charge is 0.469 e. The van der Waals surface area contributed by atoms with Crippen LogP contribution in [0.5, 0.6) is 0 Å². The van der Waals surface area contributed by atoms with E-state index in [0.717, 1.165) is 17.0 Å². The van der Waals surface area contributed by atoms with Gasteiger partial charge in [-0.2, -0.15) is 5.10 Å². The number of rotatable bonds is 4. The molecule has 1 unspecified atom stereocenters.